The Labute approximate surface area is 163 Å². The molecular formula is C18H26N6O4. The lowest BCUT2D eigenvalue weighted by molar-refractivity contribution is -0.137. The molecule has 1 aromatic carbocycles. The van der Waals surface area contributed by atoms with Gasteiger partial charge in [-0.05, 0) is 24.6 Å². The lowest BCUT2D eigenvalue weighted by Crippen LogP contribution is -2.52. The number of anilines is 1. The molecule has 10 nitrogen and oxygen atoms in total. The molecule has 6 N–H and O–H groups in total. The van der Waals surface area contributed by atoms with E-state index in [9.17, 15) is 14.4 Å². The van der Waals surface area contributed by atoms with Gasteiger partial charge in [-0.2, -0.15) is 0 Å². The highest BCUT2D eigenvalue weighted by Gasteiger charge is 2.19. The molecule has 0 atom stereocenters. The monoisotopic (exact) mass is 390 g/mol. The first-order valence-electron chi connectivity index (χ1n) is 9.06. The number of guanidine groups is 1. The Kier molecular flexibility index (Phi) is 7.76. The van der Waals surface area contributed by atoms with Gasteiger partial charge in [0.1, 0.15) is 0 Å². The van der Waals surface area contributed by atoms with E-state index in [1.807, 2.05) is 4.90 Å². The average molecular weight is 390 g/mol. The van der Waals surface area contributed by atoms with Crippen LogP contribution >= 0.6 is 0 Å². The van der Waals surface area contributed by atoms with Crippen molar-refractivity contribution in [3.8, 4) is 0 Å². The highest BCUT2D eigenvalue weighted by atomic mass is 16.4. The highest BCUT2D eigenvalue weighted by Crippen LogP contribution is 2.11. The molecule has 0 spiro atoms. The summed E-state index contributed by atoms with van der Waals surface area (Å²) >= 11 is 0. The Hall–Kier alpha value is -3.14. The summed E-state index contributed by atoms with van der Waals surface area (Å²) in [7, 11) is 0. The van der Waals surface area contributed by atoms with Crippen LogP contribution in [0.3, 0.4) is 0 Å². The molecule has 28 heavy (non-hydrogen) atoms. The van der Waals surface area contributed by atoms with Gasteiger partial charge in [0.05, 0.1) is 6.54 Å². The van der Waals surface area contributed by atoms with Gasteiger partial charge in [0.2, 0.25) is 5.91 Å². The van der Waals surface area contributed by atoms with Crippen LogP contribution in [-0.4, -0.2) is 77.9 Å². The Balaban J connectivity index is 1.80. The number of hydrogen-bond acceptors (Lipinski definition) is 5. The predicted molar refractivity (Wildman–Crippen MR) is 104 cm³/mol. The van der Waals surface area contributed by atoms with Crippen LogP contribution in [0.2, 0.25) is 0 Å². The first-order valence-corrected chi connectivity index (χ1v) is 9.06. The first kappa shape index (κ1) is 21.2. The summed E-state index contributed by atoms with van der Waals surface area (Å²) in [4.78, 5) is 38.6. The van der Waals surface area contributed by atoms with E-state index in [0.717, 1.165) is 0 Å². The minimum atomic E-state index is -0.901. The normalized spacial score (nSPS) is 14.4. The molecule has 1 saturated heterocycles. The molecule has 1 heterocycles. The number of nitrogens with two attached hydrogens (primary N) is 1. The third-order valence-corrected chi connectivity index (χ3v) is 4.34. The summed E-state index contributed by atoms with van der Waals surface area (Å²) in [6.07, 6.45) is 0.353. The van der Waals surface area contributed by atoms with E-state index in [4.69, 9.17) is 16.2 Å². The van der Waals surface area contributed by atoms with E-state index >= 15 is 0 Å². The van der Waals surface area contributed by atoms with E-state index in [2.05, 4.69) is 10.6 Å². The standard InChI is InChI=1S/C18H26N6O4/c19-18(20)24-9-7-23(8-10-24)12-15(25)22-14-4-1-3-13(11-14)17(28)21-6-2-5-16(26)27/h1,3-4,11H,2,5-10,12H2,(H3,19,20)(H,21,28)(H,22,25)(H,26,27). The number of amides is 2. The maximum absolute atomic E-state index is 12.3. The summed E-state index contributed by atoms with van der Waals surface area (Å²) in [6.45, 7) is 3.00. The second-order valence-electron chi connectivity index (χ2n) is 6.53. The van der Waals surface area contributed by atoms with Crippen molar-refractivity contribution in [2.24, 2.45) is 5.73 Å². The van der Waals surface area contributed by atoms with Gasteiger partial charge in [-0.3, -0.25) is 24.7 Å². The summed E-state index contributed by atoms with van der Waals surface area (Å²) < 4.78 is 0. The number of piperazine rings is 1. The minimum absolute atomic E-state index is 0.00292. The van der Waals surface area contributed by atoms with Crippen LogP contribution in [0.15, 0.2) is 24.3 Å². The lowest BCUT2D eigenvalue weighted by atomic mass is 10.2. The second-order valence-corrected chi connectivity index (χ2v) is 6.53. The molecule has 0 aliphatic carbocycles. The molecule has 1 aliphatic heterocycles. The molecule has 0 saturated carbocycles. The van der Waals surface area contributed by atoms with Gasteiger partial charge >= 0.3 is 5.97 Å². The average Bonchev–Trinajstić information content (AvgIpc) is 2.65. The van der Waals surface area contributed by atoms with Crippen LogP contribution in [0.4, 0.5) is 5.69 Å². The summed E-state index contributed by atoms with van der Waals surface area (Å²) in [6, 6.07) is 6.58. The summed E-state index contributed by atoms with van der Waals surface area (Å²) in [5.74, 6) is -1.36. The molecule has 10 heteroatoms. The Morgan fingerprint density at radius 2 is 1.89 bits per heavy atom. The van der Waals surface area contributed by atoms with Crippen LogP contribution in [0.25, 0.3) is 0 Å². The Morgan fingerprint density at radius 1 is 1.18 bits per heavy atom. The molecule has 1 fully saturated rings. The van der Waals surface area contributed by atoms with Crippen molar-refractivity contribution >= 4 is 29.4 Å². The van der Waals surface area contributed by atoms with Crippen molar-refractivity contribution in [2.75, 3.05) is 44.6 Å². The zero-order valence-corrected chi connectivity index (χ0v) is 15.6. The van der Waals surface area contributed by atoms with Crippen molar-refractivity contribution < 1.29 is 19.5 Å². The quantitative estimate of drug-likeness (QED) is 0.233. The summed E-state index contributed by atoms with van der Waals surface area (Å²) in [5.41, 5.74) is 6.37. The predicted octanol–water partition coefficient (Wildman–Crippen LogP) is -0.269. The molecule has 0 unspecified atom stereocenters. The molecule has 0 aromatic heterocycles. The molecular weight excluding hydrogens is 364 g/mol. The second kappa shape index (κ2) is 10.3. The van der Waals surface area contributed by atoms with Crippen LogP contribution in [0.5, 0.6) is 0 Å². The van der Waals surface area contributed by atoms with Crippen molar-refractivity contribution in [1.29, 1.82) is 5.41 Å². The Morgan fingerprint density at radius 3 is 2.54 bits per heavy atom. The fourth-order valence-corrected chi connectivity index (χ4v) is 2.83. The topological polar surface area (TPSA) is 152 Å². The van der Waals surface area contributed by atoms with Crippen molar-refractivity contribution in [2.45, 2.75) is 12.8 Å². The molecule has 0 bridgehead atoms. The third kappa shape index (κ3) is 6.88. The minimum Gasteiger partial charge on any atom is -0.481 e. The fraction of sp³-hybridized carbons (Fsp3) is 0.444. The number of aliphatic carboxylic acids is 1. The number of nitrogens with zero attached hydrogens (tertiary/aromatic N) is 2. The van der Waals surface area contributed by atoms with Gasteiger partial charge in [0.25, 0.3) is 5.91 Å². The number of hydrogen-bond donors (Lipinski definition) is 5. The van der Waals surface area contributed by atoms with Crippen molar-refractivity contribution in [1.82, 2.24) is 15.1 Å². The molecule has 2 rings (SSSR count). The number of nitrogens with one attached hydrogen (secondary N) is 3. The van der Waals surface area contributed by atoms with E-state index < -0.39 is 5.97 Å². The fourth-order valence-electron chi connectivity index (χ4n) is 2.83. The number of carboxylic acids is 1. The molecule has 0 radical (unpaired) electrons. The zero-order valence-electron chi connectivity index (χ0n) is 15.6. The third-order valence-electron chi connectivity index (χ3n) is 4.34. The maximum Gasteiger partial charge on any atom is 0.303 e. The number of carbonyl (C=O) groups excluding carboxylic acids is 2. The number of carboxylic acid groups (broad SMARTS) is 1. The highest BCUT2D eigenvalue weighted by molar-refractivity contribution is 5.97. The van der Waals surface area contributed by atoms with Crippen LogP contribution < -0.4 is 16.4 Å². The lowest BCUT2D eigenvalue weighted by Gasteiger charge is -2.34. The smallest absolute Gasteiger partial charge is 0.303 e. The van der Waals surface area contributed by atoms with E-state index in [-0.39, 0.29) is 37.3 Å². The number of carbonyl (C=O) groups is 3. The van der Waals surface area contributed by atoms with Crippen LogP contribution in [0.1, 0.15) is 23.2 Å². The van der Waals surface area contributed by atoms with Gasteiger partial charge in [0, 0.05) is 50.4 Å². The summed E-state index contributed by atoms with van der Waals surface area (Å²) in [5, 5.41) is 21.5. The molecule has 1 aromatic rings. The van der Waals surface area contributed by atoms with Gasteiger partial charge in [0.15, 0.2) is 5.96 Å². The van der Waals surface area contributed by atoms with Gasteiger partial charge in [-0.15, -0.1) is 0 Å². The van der Waals surface area contributed by atoms with Gasteiger partial charge in [-0.1, -0.05) is 6.07 Å². The SMILES string of the molecule is N=C(N)N1CCN(CC(=O)Nc2cccc(C(=O)NCCCC(=O)O)c2)CC1. The van der Waals surface area contributed by atoms with E-state index in [1.165, 1.54) is 0 Å². The maximum atomic E-state index is 12.3. The van der Waals surface area contributed by atoms with Crippen molar-refractivity contribution in [3.05, 3.63) is 29.8 Å². The molecule has 2 amide bonds. The van der Waals surface area contributed by atoms with Gasteiger partial charge < -0.3 is 26.4 Å². The van der Waals surface area contributed by atoms with Crippen LogP contribution in [0, 0.1) is 5.41 Å². The van der Waals surface area contributed by atoms with Crippen molar-refractivity contribution in [3.63, 3.8) is 0 Å². The first-order chi connectivity index (χ1) is 13.3. The van der Waals surface area contributed by atoms with E-state index in [1.54, 1.807) is 29.2 Å². The number of rotatable bonds is 8. The largest absolute Gasteiger partial charge is 0.481 e. The van der Waals surface area contributed by atoms with Crippen LogP contribution in [-0.2, 0) is 9.59 Å². The number of benzene rings is 1. The van der Waals surface area contributed by atoms with E-state index in [0.29, 0.717) is 43.9 Å². The van der Waals surface area contributed by atoms with Gasteiger partial charge in [-0.25, -0.2) is 0 Å². The zero-order chi connectivity index (χ0) is 20.5. The molecule has 152 valence electrons. The molecule has 1 aliphatic rings. The Bertz CT molecular complexity index is 731.